The first-order valence-corrected chi connectivity index (χ1v) is 5.86. The number of nitriles is 1. The van der Waals surface area contributed by atoms with Crippen molar-refractivity contribution in [2.45, 2.75) is 0 Å². The van der Waals surface area contributed by atoms with Crippen LogP contribution in [0.5, 0.6) is 0 Å². The van der Waals surface area contributed by atoms with Crippen molar-refractivity contribution in [2.24, 2.45) is 0 Å². The van der Waals surface area contributed by atoms with Gasteiger partial charge in [0, 0.05) is 12.3 Å². The van der Waals surface area contributed by atoms with Crippen molar-refractivity contribution in [1.82, 2.24) is 9.97 Å². The monoisotopic (exact) mass is 303 g/mol. The number of hydrogen-bond donors (Lipinski definition) is 1. The second kappa shape index (κ2) is 5.94. The van der Waals surface area contributed by atoms with Crippen molar-refractivity contribution in [2.75, 3.05) is 5.32 Å². The summed E-state index contributed by atoms with van der Waals surface area (Å²) in [6.07, 6.45) is 2.24. The molecule has 0 atom stereocenters. The van der Waals surface area contributed by atoms with Crippen LogP contribution >= 0.6 is 11.6 Å². The minimum absolute atomic E-state index is 0.142. The lowest BCUT2D eigenvalue weighted by molar-refractivity contribution is -0.385. The van der Waals surface area contributed by atoms with E-state index >= 15 is 0 Å². The topological polar surface area (TPSA) is 122 Å². The first-order valence-electron chi connectivity index (χ1n) is 5.48. The van der Waals surface area contributed by atoms with E-state index in [1.54, 1.807) is 0 Å². The van der Waals surface area contributed by atoms with Crippen molar-refractivity contribution in [3.8, 4) is 6.07 Å². The van der Waals surface area contributed by atoms with Gasteiger partial charge in [-0.3, -0.25) is 14.9 Å². The van der Waals surface area contributed by atoms with Crippen LogP contribution in [-0.4, -0.2) is 20.8 Å². The van der Waals surface area contributed by atoms with Crippen molar-refractivity contribution < 1.29 is 9.72 Å². The van der Waals surface area contributed by atoms with Gasteiger partial charge in [-0.15, -0.1) is 0 Å². The standard InChI is InChI=1S/C12H6ClN5O3/c13-11-9(3-8(6-16-11)18(20)21)12(19)17-10-2-1-7(4-14)5-15-10/h1-3,5-6H,(H,15,17,19). The number of pyridine rings is 2. The van der Waals surface area contributed by atoms with Crippen LogP contribution in [-0.2, 0) is 0 Å². The largest absolute Gasteiger partial charge is 0.306 e. The smallest absolute Gasteiger partial charge is 0.288 e. The van der Waals surface area contributed by atoms with Gasteiger partial charge in [0.05, 0.1) is 16.1 Å². The number of carbonyl (C=O) groups excluding carboxylic acids is 1. The van der Waals surface area contributed by atoms with Gasteiger partial charge in [0.2, 0.25) is 0 Å². The van der Waals surface area contributed by atoms with Crippen LogP contribution in [0.4, 0.5) is 11.5 Å². The zero-order valence-corrected chi connectivity index (χ0v) is 11.0. The Morgan fingerprint density at radius 3 is 2.71 bits per heavy atom. The predicted octanol–water partition coefficient (Wildman–Crippen LogP) is 2.16. The van der Waals surface area contributed by atoms with E-state index in [9.17, 15) is 14.9 Å². The zero-order chi connectivity index (χ0) is 15.4. The number of rotatable bonds is 3. The Morgan fingerprint density at radius 1 is 1.38 bits per heavy atom. The molecule has 2 aromatic heterocycles. The lowest BCUT2D eigenvalue weighted by atomic mass is 10.2. The van der Waals surface area contributed by atoms with Gasteiger partial charge in [-0.1, -0.05) is 11.6 Å². The molecule has 0 unspecified atom stereocenters. The van der Waals surface area contributed by atoms with Crippen molar-refractivity contribution in [1.29, 1.82) is 5.26 Å². The third kappa shape index (κ3) is 3.29. The minimum Gasteiger partial charge on any atom is -0.306 e. The Kier molecular flexibility index (Phi) is 4.06. The van der Waals surface area contributed by atoms with Gasteiger partial charge in [-0.25, -0.2) is 9.97 Å². The Balaban J connectivity index is 2.25. The second-order valence-electron chi connectivity index (χ2n) is 3.79. The zero-order valence-electron chi connectivity index (χ0n) is 10.3. The Labute approximate surface area is 123 Å². The summed E-state index contributed by atoms with van der Waals surface area (Å²) in [5.74, 6) is -0.505. The summed E-state index contributed by atoms with van der Waals surface area (Å²) < 4.78 is 0. The minimum atomic E-state index is -0.687. The SMILES string of the molecule is N#Cc1ccc(NC(=O)c2cc([N+](=O)[O-])cnc2Cl)nc1. The second-order valence-corrected chi connectivity index (χ2v) is 4.15. The average molecular weight is 304 g/mol. The van der Waals surface area contributed by atoms with Gasteiger partial charge in [0.25, 0.3) is 11.6 Å². The number of carbonyl (C=O) groups is 1. The molecule has 2 rings (SSSR count). The van der Waals surface area contributed by atoms with Crippen LogP contribution in [0.2, 0.25) is 5.15 Å². The Morgan fingerprint density at radius 2 is 2.14 bits per heavy atom. The van der Waals surface area contributed by atoms with E-state index in [1.807, 2.05) is 6.07 Å². The molecule has 0 aliphatic carbocycles. The van der Waals surface area contributed by atoms with Crippen LogP contribution in [0.15, 0.2) is 30.6 Å². The van der Waals surface area contributed by atoms with Gasteiger partial charge in [-0.05, 0) is 12.1 Å². The third-order valence-corrected chi connectivity index (χ3v) is 2.72. The normalized spacial score (nSPS) is 9.71. The molecule has 1 N–H and O–H groups in total. The van der Waals surface area contributed by atoms with E-state index in [1.165, 1.54) is 18.3 Å². The molecular weight excluding hydrogens is 298 g/mol. The summed E-state index contributed by atoms with van der Waals surface area (Å²) in [7, 11) is 0. The van der Waals surface area contributed by atoms with Crippen molar-refractivity contribution >= 4 is 29.0 Å². The molecule has 0 aliphatic heterocycles. The number of nitrogens with zero attached hydrogens (tertiary/aromatic N) is 4. The van der Waals surface area contributed by atoms with Gasteiger partial charge in [0.15, 0.2) is 0 Å². The molecule has 0 fully saturated rings. The molecule has 2 aromatic rings. The predicted molar refractivity (Wildman–Crippen MR) is 72.8 cm³/mol. The molecule has 0 saturated carbocycles. The highest BCUT2D eigenvalue weighted by Gasteiger charge is 2.17. The fourth-order valence-corrected chi connectivity index (χ4v) is 1.60. The maximum Gasteiger partial charge on any atom is 0.288 e. The molecule has 2 heterocycles. The Bertz CT molecular complexity index is 754. The summed E-state index contributed by atoms with van der Waals surface area (Å²) in [6.45, 7) is 0. The fourth-order valence-electron chi connectivity index (χ4n) is 1.41. The highest BCUT2D eigenvalue weighted by molar-refractivity contribution is 6.33. The Hall–Kier alpha value is -3.05. The van der Waals surface area contributed by atoms with E-state index in [2.05, 4.69) is 15.3 Å². The molecule has 8 nitrogen and oxygen atoms in total. The summed E-state index contributed by atoms with van der Waals surface area (Å²) in [5.41, 5.74) is -0.155. The van der Waals surface area contributed by atoms with Gasteiger partial charge in [-0.2, -0.15) is 5.26 Å². The van der Waals surface area contributed by atoms with E-state index in [-0.39, 0.29) is 22.2 Å². The molecule has 104 valence electrons. The number of anilines is 1. The molecule has 1 amide bonds. The van der Waals surface area contributed by atoms with Crippen LogP contribution in [0.3, 0.4) is 0 Å². The molecule has 0 radical (unpaired) electrons. The lowest BCUT2D eigenvalue weighted by Gasteiger charge is -2.05. The number of hydrogen-bond acceptors (Lipinski definition) is 6. The molecule has 0 aromatic carbocycles. The highest BCUT2D eigenvalue weighted by atomic mass is 35.5. The summed E-state index contributed by atoms with van der Waals surface area (Å²) in [4.78, 5) is 29.4. The van der Waals surface area contributed by atoms with Crippen LogP contribution < -0.4 is 5.32 Å². The van der Waals surface area contributed by atoms with Gasteiger partial charge in [0.1, 0.15) is 23.2 Å². The molecule has 0 bridgehead atoms. The van der Waals surface area contributed by atoms with Crippen molar-refractivity contribution in [3.63, 3.8) is 0 Å². The third-order valence-electron chi connectivity index (χ3n) is 2.41. The summed E-state index contributed by atoms with van der Waals surface area (Å²) >= 11 is 5.75. The summed E-state index contributed by atoms with van der Waals surface area (Å²) in [5, 5.41) is 21.6. The van der Waals surface area contributed by atoms with E-state index in [4.69, 9.17) is 16.9 Å². The number of amides is 1. The van der Waals surface area contributed by atoms with Gasteiger partial charge >= 0.3 is 0 Å². The first-order chi connectivity index (χ1) is 10.0. The fraction of sp³-hybridized carbons (Fsp3) is 0. The first kappa shape index (κ1) is 14.4. The lowest BCUT2D eigenvalue weighted by Crippen LogP contribution is -2.14. The molecule has 21 heavy (non-hydrogen) atoms. The maximum atomic E-state index is 12.0. The molecule has 0 saturated heterocycles. The average Bonchev–Trinajstić information content (AvgIpc) is 2.48. The van der Waals surface area contributed by atoms with Gasteiger partial charge < -0.3 is 5.32 Å². The van der Waals surface area contributed by atoms with E-state index in [0.29, 0.717) is 5.56 Å². The number of halogens is 1. The summed E-state index contributed by atoms with van der Waals surface area (Å²) in [6, 6.07) is 5.80. The van der Waals surface area contributed by atoms with Crippen LogP contribution in [0.25, 0.3) is 0 Å². The van der Waals surface area contributed by atoms with E-state index in [0.717, 1.165) is 12.3 Å². The van der Waals surface area contributed by atoms with Crippen LogP contribution in [0.1, 0.15) is 15.9 Å². The van der Waals surface area contributed by atoms with E-state index < -0.39 is 10.8 Å². The molecular formula is C12H6ClN5O3. The molecule has 9 heteroatoms. The highest BCUT2D eigenvalue weighted by Crippen LogP contribution is 2.20. The number of nitrogens with one attached hydrogen (secondary N) is 1. The van der Waals surface area contributed by atoms with Crippen LogP contribution in [0, 0.1) is 21.4 Å². The quantitative estimate of drug-likeness (QED) is 0.526. The molecule has 0 aliphatic rings. The molecule has 0 spiro atoms. The maximum absolute atomic E-state index is 12.0. The number of aromatic nitrogens is 2. The number of nitro groups is 1. The van der Waals surface area contributed by atoms with Crippen molar-refractivity contribution in [3.05, 3.63) is 57.0 Å².